The third kappa shape index (κ3) is 1.22. The van der Waals surface area contributed by atoms with E-state index in [9.17, 15) is 4.79 Å². The first-order valence-electron chi connectivity index (χ1n) is 4.10. The topological polar surface area (TPSA) is 56.5 Å². The molecule has 2 rings (SSSR count). The van der Waals surface area contributed by atoms with E-state index in [0.717, 1.165) is 5.69 Å². The first-order chi connectivity index (χ1) is 6.72. The SMILES string of the molecule is COC(=O)c1nc(C)cn2cncc12. The van der Waals surface area contributed by atoms with Gasteiger partial charge in [-0.25, -0.2) is 14.8 Å². The smallest absolute Gasteiger partial charge is 0.358 e. The number of carbonyl (C=O) groups is 1. The van der Waals surface area contributed by atoms with Gasteiger partial charge in [-0.1, -0.05) is 0 Å². The van der Waals surface area contributed by atoms with Crippen molar-refractivity contribution in [3.63, 3.8) is 0 Å². The van der Waals surface area contributed by atoms with Gasteiger partial charge in [0.1, 0.15) is 0 Å². The molecule has 0 atom stereocenters. The monoisotopic (exact) mass is 191 g/mol. The molecule has 14 heavy (non-hydrogen) atoms. The predicted octanol–water partition coefficient (Wildman–Crippen LogP) is 0.824. The molecule has 5 heteroatoms. The molecule has 0 bridgehead atoms. The molecule has 0 aliphatic rings. The van der Waals surface area contributed by atoms with Crippen molar-refractivity contribution < 1.29 is 9.53 Å². The molecule has 2 heterocycles. The minimum Gasteiger partial charge on any atom is -0.464 e. The number of ether oxygens (including phenoxy) is 1. The fraction of sp³-hybridized carbons (Fsp3) is 0.222. The highest BCUT2D eigenvalue weighted by molar-refractivity contribution is 5.94. The zero-order chi connectivity index (χ0) is 10.1. The minimum absolute atomic E-state index is 0.296. The number of hydrogen-bond acceptors (Lipinski definition) is 4. The first kappa shape index (κ1) is 8.68. The van der Waals surface area contributed by atoms with Gasteiger partial charge in [0.15, 0.2) is 5.69 Å². The molecule has 0 aromatic carbocycles. The standard InChI is InChI=1S/C9H9N3O2/c1-6-4-12-5-10-3-7(12)8(11-6)9(13)14-2/h3-5H,1-2H3. The van der Waals surface area contributed by atoms with Gasteiger partial charge < -0.3 is 9.14 Å². The number of aryl methyl sites for hydroxylation is 1. The molecule has 0 N–H and O–H groups in total. The van der Waals surface area contributed by atoms with Gasteiger partial charge in [-0.2, -0.15) is 0 Å². The van der Waals surface area contributed by atoms with Crippen LogP contribution in [0, 0.1) is 6.92 Å². The van der Waals surface area contributed by atoms with Crippen LogP contribution in [0.1, 0.15) is 16.2 Å². The van der Waals surface area contributed by atoms with Gasteiger partial charge in [-0.3, -0.25) is 0 Å². The van der Waals surface area contributed by atoms with Gasteiger partial charge in [0.2, 0.25) is 0 Å². The highest BCUT2D eigenvalue weighted by Crippen LogP contribution is 2.09. The van der Waals surface area contributed by atoms with Crippen LogP contribution in [0.15, 0.2) is 18.7 Å². The van der Waals surface area contributed by atoms with Crippen LogP contribution in [-0.4, -0.2) is 27.4 Å². The van der Waals surface area contributed by atoms with Gasteiger partial charge >= 0.3 is 5.97 Å². The Morgan fingerprint density at radius 1 is 1.57 bits per heavy atom. The first-order valence-corrected chi connectivity index (χ1v) is 4.10. The van der Waals surface area contributed by atoms with E-state index in [1.54, 1.807) is 23.1 Å². The second kappa shape index (κ2) is 3.10. The van der Waals surface area contributed by atoms with E-state index in [0.29, 0.717) is 11.2 Å². The number of esters is 1. The molecule has 0 aliphatic carbocycles. The van der Waals surface area contributed by atoms with Gasteiger partial charge in [0.25, 0.3) is 0 Å². The third-order valence-corrected chi connectivity index (χ3v) is 1.90. The van der Waals surface area contributed by atoms with Crippen LogP contribution in [0.5, 0.6) is 0 Å². The molecule has 0 unspecified atom stereocenters. The van der Waals surface area contributed by atoms with Crippen LogP contribution in [-0.2, 0) is 4.74 Å². The number of nitrogens with zero attached hydrogens (tertiary/aromatic N) is 3. The summed E-state index contributed by atoms with van der Waals surface area (Å²) in [6.45, 7) is 1.81. The van der Waals surface area contributed by atoms with Gasteiger partial charge in [0.05, 0.1) is 30.8 Å². The number of aromatic nitrogens is 3. The van der Waals surface area contributed by atoms with Crippen LogP contribution < -0.4 is 0 Å². The molecule has 0 fully saturated rings. The maximum atomic E-state index is 11.4. The number of imidazole rings is 1. The summed E-state index contributed by atoms with van der Waals surface area (Å²) in [5, 5.41) is 0. The number of rotatable bonds is 1. The summed E-state index contributed by atoms with van der Waals surface area (Å²) in [7, 11) is 1.33. The van der Waals surface area contributed by atoms with Crippen LogP contribution in [0.3, 0.4) is 0 Å². The van der Waals surface area contributed by atoms with Gasteiger partial charge in [0, 0.05) is 6.20 Å². The fourth-order valence-electron chi connectivity index (χ4n) is 1.30. The summed E-state index contributed by atoms with van der Waals surface area (Å²) in [5.74, 6) is -0.445. The lowest BCUT2D eigenvalue weighted by Gasteiger charge is -2.02. The fourth-order valence-corrected chi connectivity index (χ4v) is 1.30. The van der Waals surface area contributed by atoms with Crippen molar-refractivity contribution in [1.29, 1.82) is 0 Å². The second-order valence-electron chi connectivity index (χ2n) is 2.91. The Hall–Kier alpha value is -1.91. The molecule has 2 aromatic heterocycles. The van der Waals surface area contributed by atoms with Gasteiger partial charge in [-0.05, 0) is 6.92 Å². The maximum Gasteiger partial charge on any atom is 0.358 e. The molecule has 0 saturated carbocycles. The Bertz CT molecular complexity index is 490. The van der Waals surface area contributed by atoms with Crippen molar-refractivity contribution in [3.8, 4) is 0 Å². The number of fused-ring (bicyclic) bond motifs is 1. The number of methoxy groups -OCH3 is 1. The summed E-state index contributed by atoms with van der Waals surface area (Å²) in [6, 6.07) is 0. The summed E-state index contributed by atoms with van der Waals surface area (Å²) < 4.78 is 6.37. The second-order valence-corrected chi connectivity index (χ2v) is 2.91. The minimum atomic E-state index is -0.445. The highest BCUT2D eigenvalue weighted by Gasteiger charge is 2.13. The Balaban J connectivity index is 2.72. The van der Waals surface area contributed by atoms with E-state index in [1.165, 1.54) is 7.11 Å². The van der Waals surface area contributed by atoms with E-state index in [2.05, 4.69) is 14.7 Å². The lowest BCUT2D eigenvalue weighted by Crippen LogP contribution is -2.07. The van der Waals surface area contributed by atoms with Crippen molar-refractivity contribution in [2.75, 3.05) is 7.11 Å². The predicted molar refractivity (Wildman–Crippen MR) is 49.1 cm³/mol. The zero-order valence-electron chi connectivity index (χ0n) is 7.89. The van der Waals surface area contributed by atoms with Crippen molar-refractivity contribution in [3.05, 3.63) is 30.1 Å². The Morgan fingerprint density at radius 2 is 2.36 bits per heavy atom. The molecule has 5 nitrogen and oxygen atoms in total. The molecule has 0 spiro atoms. The van der Waals surface area contributed by atoms with E-state index in [4.69, 9.17) is 0 Å². The normalized spacial score (nSPS) is 10.4. The van der Waals surface area contributed by atoms with Crippen molar-refractivity contribution in [2.45, 2.75) is 6.92 Å². The van der Waals surface area contributed by atoms with Crippen LogP contribution in [0.4, 0.5) is 0 Å². The Kier molecular flexibility index (Phi) is 1.92. The molecular formula is C9H9N3O2. The largest absolute Gasteiger partial charge is 0.464 e. The Labute approximate surface area is 80.4 Å². The van der Waals surface area contributed by atoms with Crippen molar-refractivity contribution in [2.24, 2.45) is 0 Å². The summed E-state index contributed by atoms with van der Waals surface area (Å²) in [6.07, 6.45) is 5.00. The third-order valence-electron chi connectivity index (χ3n) is 1.90. The molecule has 0 radical (unpaired) electrons. The molecule has 2 aromatic rings. The number of hydrogen-bond donors (Lipinski definition) is 0. The quantitative estimate of drug-likeness (QED) is 0.626. The lowest BCUT2D eigenvalue weighted by molar-refractivity contribution is 0.0595. The Morgan fingerprint density at radius 3 is 3.07 bits per heavy atom. The number of carbonyl (C=O) groups excluding carboxylic acids is 1. The molecular weight excluding hydrogens is 182 g/mol. The molecule has 0 amide bonds. The van der Waals surface area contributed by atoms with Crippen molar-refractivity contribution in [1.82, 2.24) is 14.4 Å². The maximum absolute atomic E-state index is 11.4. The zero-order valence-corrected chi connectivity index (χ0v) is 7.89. The van der Waals surface area contributed by atoms with E-state index in [1.807, 2.05) is 6.92 Å². The average molecular weight is 191 g/mol. The van der Waals surface area contributed by atoms with Crippen LogP contribution >= 0.6 is 0 Å². The summed E-state index contributed by atoms with van der Waals surface area (Å²) in [4.78, 5) is 19.4. The lowest BCUT2D eigenvalue weighted by atomic mass is 10.3. The summed E-state index contributed by atoms with van der Waals surface area (Å²) >= 11 is 0. The summed E-state index contributed by atoms with van der Waals surface area (Å²) in [5.41, 5.74) is 1.70. The van der Waals surface area contributed by atoms with E-state index < -0.39 is 5.97 Å². The molecule has 72 valence electrons. The average Bonchev–Trinajstić information content (AvgIpc) is 2.62. The highest BCUT2D eigenvalue weighted by atomic mass is 16.5. The van der Waals surface area contributed by atoms with Crippen LogP contribution in [0.25, 0.3) is 5.52 Å². The van der Waals surface area contributed by atoms with Crippen molar-refractivity contribution >= 4 is 11.5 Å². The molecule has 0 aliphatic heterocycles. The van der Waals surface area contributed by atoms with Crippen LogP contribution in [0.2, 0.25) is 0 Å². The van der Waals surface area contributed by atoms with Gasteiger partial charge in [-0.15, -0.1) is 0 Å². The molecule has 0 saturated heterocycles. The van der Waals surface area contributed by atoms with E-state index in [-0.39, 0.29) is 0 Å². The van der Waals surface area contributed by atoms with E-state index >= 15 is 0 Å².